The van der Waals surface area contributed by atoms with E-state index in [1.54, 1.807) is 0 Å². The zero-order valence-electron chi connectivity index (χ0n) is 8.52. The Kier molecular flexibility index (Phi) is 3.53. The summed E-state index contributed by atoms with van der Waals surface area (Å²) in [6, 6.07) is 0.532. The summed E-state index contributed by atoms with van der Waals surface area (Å²) < 4.78 is 5.78. The van der Waals surface area contributed by atoms with Crippen molar-refractivity contribution in [2.24, 2.45) is 0 Å². The summed E-state index contributed by atoms with van der Waals surface area (Å²) in [5.74, 6) is 0. The third-order valence-electron chi connectivity index (χ3n) is 2.85. The fourth-order valence-electron chi connectivity index (χ4n) is 2.11. The van der Waals surface area contributed by atoms with Crippen LogP contribution in [0.3, 0.4) is 0 Å². The summed E-state index contributed by atoms with van der Waals surface area (Å²) in [5, 5.41) is 3.49. The van der Waals surface area contributed by atoms with Gasteiger partial charge in [0.1, 0.15) is 0 Å². The maximum absolute atomic E-state index is 5.78. The summed E-state index contributed by atoms with van der Waals surface area (Å²) in [4.78, 5) is 0. The summed E-state index contributed by atoms with van der Waals surface area (Å²) in [6.07, 6.45) is 3.58. The van der Waals surface area contributed by atoms with Crippen LogP contribution in [-0.2, 0) is 4.74 Å². The number of hydrogen-bond acceptors (Lipinski definition) is 2. The molecule has 2 unspecified atom stereocenters. The first kappa shape index (κ1) is 10.0. The molecule has 12 heavy (non-hydrogen) atoms. The van der Waals surface area contributed by atoms with Crippen LogP contribution in [0.5, 0.6) is 0 Å². The van der Waals surface area contributed by atoms with Gasteiger partial charge >= 0.3 is 0 Å². The predicted molar refractivity (Wildman–Crippen MR) is 51.3 cm³/mol. The van der Waals surface area contributed by atoms with Crippen LogP contribution in [0.25, 0.3) is 0 Å². The highest BCUT2D eigenvalue weighted by atomic mass is 16.5. The third-order valence-corrected chi connectivity index (χ3v) is 2.85. The van der Waals surface area contributed by atoms with Gasteiger partial charge in [-0.3, -0.25) is 0 Å². The molecule has 0 saturated carbocycles. The molecule has 0 spiro atoms. The first-order valence-corrected chi connectivity index (χ1v) is 5.10. The molecule has 0 aromatic heterocycles. The standard InChI is InChI=1S/C10H21NO/c1-4-9(11-5-2)10(3)7-6-8-12-10/h9,11H,4-8H2,1-3H3. The monoisotopic (exact) mass is 171 g/mol. The molecule has 0 aromatic rings. The van der Waals surface area contributed by atoms with Crippen LogP contribution in [0.15, 0.2) is 0 Å². The van der Waals surface area contributed by atoms with Gasteiger partial charge in [-0.25, -0.2) is 0 Å². The van der Waals surface area contributed by atoms with Crippen molar-refractivity contribution in [3.05, 3.63) is 0 Å². The topological polar surface area (TPSA) is 21.3 Å². The second-order valence-electron chi connectivity index (χ2n) is 3.78. The van der Waals surface area contributed by atoms with Crippen LogP contribution < -0.4 is 5.32 Å². The first-order chi connectivity index (χ1) is 5.73. The fraction of sp³-hybridized carbons (Fsp3) is 1.00. The van der Waals surface area contributed by atoms with Crippen LogP contribution in [0.4, 0.5) is 0 Å². The van der Waals surface area contributed by atoms with Gasteiger partial charge in [0.05, 0.1) is 5.60 Å². The van der Waals surface area contributed by atoms with E-state index in [0.717, 1.165) is 19.6 Å². The summed E-state index contributed by atoms with van der Waals surface area (Å²) in [7, 11) is 0. The van der Waals surface area contributed by atoms with Gasteiger partial charge in [0.25, 0.3) is 0 Å². The van der Waals surface area contributed by atoms with Crippen LogP contribution in [0.2, 0.25) is 0 Å². The Morgan fingerprint density at radius 3 is 2.67 bits per heavy atom. The minimum atomic E-state index is 0.102. The van der Waals surface area contributed by atoms with Gasteiger partial charge in [-0.15, -0.1) is 0 Å². The smallest absolute Gasteiger partial charge is 0.0807 e. The van der Waals surface area contributed by atoms with E-state index in [9.17, 15) is 0 Å². The van der Waals surface area contributed by atoms with Crippen molar-refractivity contribution in [3.8, 4) is 0 Å². The van der Waals surface area contributed by atoms with Gasteiger partial charge < -0.3 is 10.1 Å². The Labute approximate surface area is 75.7 Å². The molecule has 1 N–H and O–H groups in total. The van der Waals surface area contributed by atoms with E-state index in [4.69, 9.17) is 4.74 Å². The van der Waals surface area contributed by atoms with Gasteiger partial charge in [-0.05, 0) is 32.7 Å². The van der Waals surface area contributed by atoms with Crippen LogP contribution in [0, 0.1) is 0 Å². The lowest BCUT2D eigenvalue weighted by Crippen LogP contribution is -2.47. The molecule has 2 atom stereocenters. The predicted octanol–water partition coefficient (Wildman–Crippen LogP) is 1.94. The summed E-state index contributed by atoms with van der Waals surface area (Å²) >= 11 is 0. The molecule has 1 aliphatic rings. The summed E-state index contributed by atoms with van der Waals surface area (Å²) in [6.45, 7) is 8.59. The Bertz CT molecular complexity index is 130. The van der Waals surface area contributed by atoms with Gasteiger partial charge in [0, 0.05) is 12.6 Å². The van der Waals surface area contributed by atoms with E-state index >= 15 is 0 Å². The molecule has 1 rings (SSSR count). The summed E-state index contributed by atoms with van der Waals surface area (Å²) in [5.41, 5.74) is 0.102. The van der Waals surface area contributed by atoms with Gasteiger partial charge in [-0.1, -0.05) is 13.8 Å². The van der Waals surface area contributed by atoms with E-state index < -0.39 is 0 Å². The normalized spacial score (nSPS) is 32.2. The molecule has 0 aromatic carbocycles. The van der Waals surface area contributed by atoms with E-state index in [-0.39, 0.29) is 5.60 Å². The van der Waals surface area contributed by atoms with Crippen LogP contribution in [0.1, 0.15) is 40.0 Å². The average Bonchev–Trinajstić information content (AvgIpc) is 2.49. The molecule has 1 heterocycles. The zero-order valence-corrected chi connectivity index (χ0v) is 8.52. The van der Waals surface area contributed by atoms with Gasteiger partial charge in [0.15, 0.2) is 0 Å². The highest BCUT2D eigenvalue weighted by Crippen LogP contribution is 2.29. The van der Waals surface area contributed by atoms with E-state index in [1.165, 1.54) is 12.8 Å². The number of rotatable bonds is 4. The fourth-order valence-corrected chi connectivity index (χ4v) is 2.11. The largest absolute Gasteiger partial charge is 0.374 e. The number of ether oxygens (including phenoxy) is 1. The maximum Gasteiger partial charge on any atom is 0.0807 e. The minimum Gasteiger partial charge on any atom is -0.374 e. The molecule has 0 radical (unpaired) electrons. The lowest BCUT2D eigenvalue weighted by atomic mass is 9.91. The number of nitrogens with one attached hydrogen (secondary N) is 1. The number of hydrogen-bond donors (Lipinski definition) is 1. The highest BCUT2D eigenvalue weighted by molar-refractivity contribution is 4.91. The molecule has 2 nitrogen and oxygen atoms in total. The molecule has 0 bridgehead atoms. The van der Waals surface area contributed by atoms with Crippen LogP contribution in [-0.4, -0.2) is 24.8 Å². The second kappa shape index (κ2) is 4.24. The SMILES string of the molecule is CCNC(CC)C1(C)CCCO1. The van der Waals surface area contributed by atoms with Crippen molar-refractivity contribution in [1.82, 2.24) is 5.32 Å². The van der Waals surface area contributed by atoms with Gasteiger partial charge in [0.2, 0.25) is 0 Å². The van der Waals surface area contributed by atoms with Crippen molar-refractivity contribution in [1.29, 1.82) is 0 Å². The van der Waals surface area contributed by atoms with Crippen LogP contribution >= 0.6 is 0 Å². The Hall–Kier alpha value is -0.0800. The number of likely N-dealkylation sites (N-methyl/N-ethyl adjacent to an activating group) is 1. The van der Waals surface area contributed by atoms with Crippen molar-refractivity contribution in [3.63, 3.8) is 0 Å². The van der Waals surface area contributed by atoms with Crippen molar-refractivity contribution < 1.29 is 4.74 Å². The van der Waals surface area contributed by atoms with Crippen molar-refractivity contribution in [2.75, 3.05) is 13.2 Å². The lowest BCUT2D eigenvalue weighted by Gasteiger charge is -2.33. The highest BCUT2D eigenvalue weighted by Gasteiger charge is 2.36. The Morgan fingerprint density at radius 1 is 1.50 bits per heavy atom. The molecule has 1 saturated heterocycles. The zero-order chi connectivity index (χ0) is 9.03. The maximum atomic E-state index is 5.78. The molecular weight excluding hydrogens is 150 g/mol. The van der Waals surface area contributed by atoms with Crippen molar-refractivity contribution in [2.45, 2.75) is 51.7 Å². The minimum absolute atomic E-state index is 0.102. The van der Waals surface area contributed by atoms with E-state index in [2.05, 4.69) is 26.1 Å². The first-order valence-electron chi connectivity index (χ1n) is 5.10. The molecular formula is C10H21NO. The van der Waals surface area contributed by atoms with Gasteiger partial charge in [-0.2, -0.15) is 0 Å². The molecule has 1 fully saturated rings. The average molecular weight is 171 g/mol. The third kappa shape index (κ3) is 1.99. The molecule has 72 valence electrons. The lowest BCUT2D eigenvalue weighted by molar-refractivity contribution is -0.0121. The Morgan fingerprint density at radius 2 is 2.25 bits per heavy atom. The molecule has 2 heteroatoms. The van der Waals surface area contributed by atoms with E-state index in [1.807, 2.05) is 0 Å². The molecule has 0 aliphatic carbocycles. The van der Waals surface area contributed by atoms with Crippen molar-refractivity contribution >= 4 is 0 Å². The second-order valence-corrected chi connectivity index (χ2v) is 3.78. The Balaban J connectivity index is 2.50. The van der Waals surface area contributed by atoms with E-state index in [0.29, 0.717) is 6.04 Å². The quantitative estimate of drug-likeness (QED) is 0.698. The molecule has 1 aliphatic heterocycles. The molecule has 0 amide bonds.